The second-order valence-corrected chi connectivity index (χ2v) is 8.83. The third-order valence-corrected chi connectivity index (χ3v) is 7.02. The van der Waals surface area contributed by atoms with Gasteiger partial charge in [0.25, 0.3) is 0 Å². The molecule has 142 valence electrons. The van der Waals surface area contributed by atoms with Crippen molar-refractivity contribution < 1.29 is 4.79 Å². The molecule has 0 saturated carbocycles. The molecule has 0 aliphatic carbocycles. The molecule has 0 aromatic heterocycles. The topological polar surface area (TPSA) is 26.8 Å². The van der Waals surface area contributed by atoms with Gasteiger partial charge in [0.2, 0.25) is 5.91 Å². The number of nitrogens with zero attached hydrogens (tertiary/aromatic N) is 3. The summed E-state index contributed by atoms with van der Waals surface area (Å²) in [6, 6.07) is 10.8. The molecule has 0 atom stereocenters. The Kier molecular flexibility index (Phi) is 5.32. The Labute approximate surface area is 158 Å². The third-order valence-electron chi connectivity index (χ3n) is 7.02. The van der Waals surface area contributed by atoms with Crippen molar-refractivity contribution in [2.24, 2.45) is 5.41 Å². The Morgan fingerprint density at radius 3 is 2.27 bits per heavy atom. The number of hydrogen-bond acceptors (Lipinski definition) is 3. The minimum atomic E-state index is 0.351. The molecule has 1 amide bonds. The average Bonchev–Trinajstić information content (AvgIpc) is 3.04. The van der Waals surface area contributed by atoms with E-state index in [9.17, 15) is 4.79 Å². The molecule has 26 heavy (non-hydrogen) atoms. The first-order valence-corrected chi connectivity index (χ1v) is 10.4. The van der Waals surface area contributed by atoms with E-state index in [4.69, 9.17) is 0 Å². The van der Waals surface area contributed by atoms with Crippen LogP contribution in [0.5, 0.6) is 0 Å². The number of amides is 1. The Balaban J connectivity index is 1.22. The SMILES string of the molecule is CN1CCC2(CCN(C(=O)CN3CCC(c4ccccc4)CC3)CC2)C1. The molecule has 0 unspecified atom stereocenters. The Morgan fingerprint density at radius 2 is 1.65 bits per heavy atom. The number of carbonyl (C=O) groups is 1. The molecule has 4 rings (SSSR count). The van der Waals surface area contributed by atoms with Crippen LogP contribution in [0.1, 0.15) is 43.6 Å². The number of carbonyl (C=O) groups excluding carboxylic acids is 1. The van der Waals surface area contributed by atoms with E-state index in [2.05, 4.69) is 52.1 Å². The van der Waals surface area contributed by atoms with E-state index in [0.29, 0.717) is 23.8 Å². The van der Waals surface area contributed by atoms with Gasteiger partial charge in [-0.2, -0.15) is 0 Å². The van der Waals surface area contributed by atoms with Crippen LogP contribution in [-0.2, 0) is 4.79 Å². The summed E-state index contributed by atoms with van der Waals surface area (Å²) in [7, 11) is 2.23. The van der Waals surface area contributed by atoms with Crippen molar-refractivity contribution in [3.63, 3.8) is 0 Å². The van der Waals surface area contributed by atoms with E-state index >= 15 is 0 Å². The van der Waals surface area contributed by atoms with Crippen molar-refractivity contribution >= 4 is 5.91 Å². The molecule has 3 fully saturated rings. The Bertz CT molecular complexity index is 601. The summed E-state index contributed by atoms with van der Waals surface area (Å²) >= 11 is 0. The summed E-state index contributed by atoms with van der Waals surface area (Å²) in [4.78, 5) is 19.7. The molecule has 4 nitrogen and oxygen atoms in total. The predicted molar refractivity (Wildman–Crippen MR) is 105 cm³/mol. The molecule has 3 heterocycles. The molecular formula is C22H33N3O. The largest absolute Gasteiger partial charge is 0.342 e. The van der Waals surface area contributed by atoms with Crippen LogP contribution < -0.4 is 0 Å². The number of hydrogen-bond donors (Lipinski definition) is 0. The second-order valence-electron chi connectivity index (χ2n) is 8.83. The molecule has 3 saturated heterocycles. The predicted octanol–water partition coefficient (Wildman–Crippen LogP) is 2.81. The molecule has 3 aliphatic heterocycles. The van der Waals surface area contributed by atoms with Gasteiger partial charge in [0, 0.05) is 19.6 Å². The van der Waals surface area contributed by atoms with Crippen molar-refractivity contribution in [3.8, 4) is 0 Å². The zero-order valence-corrected chi connectivity index (χ0v) is 16.2. The van der Waals surface area contributed by atoms with Crippen molar-refractivity contribution in [2.75, 3.05) is 52.9 Å². The molecule has 0 bridgehead atoms. The van der Waals surface area contributed by atoms with E-state index in [1.807, 2.05) is 0 Å². The molecule has 0 radical (unpaired) electrons. The van der Waals surface area contributed by atoms with Crippen LogP contribution in [0.4, 0.5) is 0 Å². The number of rotatable bonds is 3. The Morgan fingerprint density at radius 1 is 1.00 bits per heavy atom. The highest BCUT2D eigenvalue weighted by Gasteiger charge is 2.40. The molecule has 1 aromatic carbocycles. The smallest absolute Gasteiger partial charge is 0.236 e. The van der Waals surface area contributed by atoms with Crippen LogP contribution >= 0.6 is 0 Å². The van der Waals surface area contributed by atoms with Gasteiger partial charge in [0.15, 0.2) is 0 Å². The van der Waals surface area contributed by atoms with E-state index < -0.39 is 0 Å². The van der Waals surface area contributed by atoms with Gasteiger partial charge in [0.05, 0.1) is 6.54 Å². The van der Waals surface area contributed by atoms with Gasteiger partial charge in [-0.15, -0.1) is 0 Å². The van der Waals surface area contributed by atoms with Crippen LogP contribution in [-0.4, -0.2) is 73.5 Å². The first-order chi connectivity index (χ1) is 12.6. The van der Waals surface area contributed by atoms with Gasteiger partial charge >= 0.3 is 0 Å². The average molecular weight is 356 g/mol. The van der Waals surface area contributed by atoms with Gasteiger partial charge in [-0.05, 0) is 75.7 Å². The first-order valence-electron chi connectivity index (χ1n) is 10.4. The zero-order valence-electron chi connectivity index (χ0n) is 16.2. The van der Waals surface area contributed by atoms with E-state index in [-0.39, 0.29) is 0 Å². The number of piperidine rings is 2. The fraction of sp³-hybridized carbons (Fsp3) is 0.682. The highest BCUT2D eigenvalue weighted by Crippen LogP contribution is 2.39. The summed E-state index contributed by atoms with van der Waals surface area (Å²) in [5, 5.41) is 0. The summed E-state index contributed by atoms with van der Waals surface area (Å²) in [5.41, 5.74) is 1.96. The quantitative estimate of drug-likeness (QED) is 0.834. The lowest BCUT2D eigenvalue weighted by Gasteiger charge is -2.40. The number of likely N-dealkylation sites (tertiary alicyclic amines) is 3. The minimum Gasteiger partial charge on any atom is -0.342 e. The molecule has 1 aromatic rings. The van der Waals surface area contributed by atoms with Crippen molar-refractivity contribution in [1.82, 2.24) is 14.7 Å². The molecule has 0 N–H and O–H groups in total. The highest BCUT2D eigenvalue weighted by molar-refractivity contribution is 5.78. The van der Waals surface area contributed by atoms with Gasteiger partial charge in [-0.1, -0.05) is 30.3 Å². The van der Waals surface area contributed by atoms with Crippen molar-refractivity contribution in [1.29, 1.82) is 0 Å². The number of benzene rings is 1. The van der Waals surface area contributed by atoms with Gasteiger partial charge in [-0.25, -0.2) is 0 Å². The van der Waals surface area contributed by atoms with Gasteiger partial charge < -0.3 is 9.80 Å². The van der Waals surface area contributed by atoms with Crippen molar-refractivity contribution in [3.05, 3.63) is 35.9 Å². The summed E-state index contributed by atoms with van der Waals surface area (Å²) in [6.45, 7) is 7.10. The van der Waals surface area contributed by atoms with Gasteiger partial charge in [0.1, 0.15) is 0 Å². The van der Waals surface area contributed by atoms with Crippen LogP contribution in [0.2, 0.25) is 0 Å². The standard InChI is InChI=1S/C22H33N3O/c1-23-14-9-22(18-23)10-15-25(16-11-22)21(26)17-24-12-7-20(8-13-24)19-5-3-2-4-6-19/h2-6,20H,7-18H2,1H3. The second kappa shape index (κ2) is 7.69. The van der Waals surface area contributed by atoms with Crippen LogP contribution in [0.25, 0.3) is 0 Å². The summed E-state index contributed by atoms with van der Waals surface area (Å²) < 4.78 is 0. The van der Waals surface area contributed by atoms with Crippen LogP contribution in [0, 0.1) is 5.41 Å². The minimum absolute atomic E-state index is 0.351. The van der Waals surface area contributed by atoms with Crippen LogP contribution in [0.15, 0.2) is 30.3 Å². The molecule has 3 aliphatic rings. The zero-order chi connectivity index (χ0) is 18.0. The molecule has 1 spiro atoms. The Hall–Kier alpha value is -1.39. The third kappa shape index (κ3) is 3.96. The summed E-state index contributed by atoms with van der Waals surface area (Å²) in [5.74, 6) is 1.01. The van der Waals surface area contributed by atoms with E-state index in [1.54, 1.807) is 0 Å². The lowest BCUT2D eigenvalue weighted by molar-refractivity contribution is -0.134. The van der Waals surface area contributed by atoms with E-state index in [0.717, 1.165) is 26.2 Å². The fourth-order valence-electron chi connectivity index (χ4n) is 5.24. The maximum Gasteiger partial charge on any atom is 0.236 e. The maximum absolute atomic E-state index is 12.8. The molecule has 4 heteroatoms. The highest BCUT2D eigenvalue weighted by atomic mass is 16.2. The maximum atomic E-state index is 12.8. The van der Waals surface area contributed by atoms with E-state index in [1.165, 1.54) is 50.8 Å². The van der Waals surface area contributed by atoms with Crippen molar-refractivity contribution in [2.45, 2.75) is 38.0 Å². The normalized spacial score (nSPS) is 25.0. The lowest BCUT2D eigenvalue weighted by atomic mass is 9.78. The van der Waals surface area contributed by atoms with Crippen LogP contribution in [0.3, 0.4) is 0 Å². The monoisotopic (exact) mass is 355 g/mol. The van der Waals surface area contributed by atoms with Gasteiger partial charge in [-0.3, -0.25) is 9.69 Å². The summed E-state index contributed by atoms with van der Waals surface area (Å²) in [6.07, 6.45) is 6.05. The molecular weight excluding hydrogens is 322 g/mol. The fourth-order valence-corrected chi connectivity index (χ4v) is 5.24. The first kappa shape index (κ1) is 18.0. The lowest BCUT2D eigenvalue weighted by Crippen LogP contribution is -2.48.